The Morgan fingerprint density at radius 2 is 1.96 bits per heavy atom. The summed E-state index contributed by atoms with van der Waals surface area (Å²) in [7, 11) is -1.61. The highest BCUT2D eigenvalue weighted by molar-refractivity contribution is 7.88. The Hall–Kier alpha value is -1.86. The number of carbonyl (C=O) groups is 1. The van der Waals surface area contributed by atoms with Crippen molar-refractivity contribution in [2.24, 2.45) is 0 Å². The van der Waals surface area contributed by atoms with Crippen molar-refractivity contribution in [3.8, 4) is 5.75 Å². The first-order valence-corrected chi connectivity index (χ1v) is 9.35. The fourth-order valence-electron chi connectivity index (χ4n) is 2.59. The number of likely N-dealkylation sites (tertiary alicyclic amines) is 1. The van der Waals surface area contributed by atoms with Crippen molar-refractivity contribution in [2.45, 2.75) is 18.9 Å². The van der Waals surface area contributed by atoms with Crippen molar-refractivity contribution in [1.82, 2.24) is 9.62 Å². The summed E-state index contributed by atoms with van der Waals surface area (Å²) in [5, 5.41) is 0. The molecular weight excluding hydrogens is 316 g/mol. The van der Waals surface area contributed by atoms with Crippen molar-refractivity contribution < 1.29 is 17.9 Å². The molecule has 0 unspecified atom stereocenters. The fraction of sp³-hybridized carbons (Fsp3) is 0.438. The number of hydrogen-bond donors (Lipinski definition) is 1. The lowest BCUT2D eigenvalue weighted by atomic mass is 10.1. The summed E-state index contributed by atoms with van der Waals surface area (Å²) >= 11 is 0. The molecule has 1 aliphatic rings. The van der Waals surface area contributed by atoms with Gasteiger partial charge in [-0.2, -0.15) is 0 Å². The Bertz CT molecular complexity index is 677. The molecule has 1 saturated heterocycles. The summed E-state index contributed by atoms with van der Waals surface area (Å²) in [6.45, 7) is 1.09. The van der Waals surface area contributed by atoms with E-state index in [1.807, 2.05) is 24.3 Å². The van der Waals surface area contributed by atoms with Crippen molar-refractivity contribution in [3.05, 3.63) is 35.9 Å². The van der Waals surface area contributed by atoms with Gasteiger partial charge < -0.3 is 9.64 Å². The molecule has 0 aliphatic carbocycles. The topological polar surface area (TPSA) is 75.7 Å². The Labute approximate surface area is 137 Å². The predicted molar refractivity (Wildman–Crippen MR) is 89.6 cm³/mol. The summed E-state index contributed by atoms with van der Waals surface area (Å²) in [5.41, 5.74) is 0.844. The van der Waals surface area contributed by atoms with Gasteiger partial charge in [0.25, 0.3) is 0 Å². The zero-order valence-corrected chi connectivity index (χ0v) is 14.2. The van der Waals surface area contributed by atoms with Crippen LogP contribution in [0.5, 0.6) is 5.75 Å². The molecular formula is C16H22N2O4S. The SMILES string of the molecule is COc1ccccc1C=CC(=O)N1CCC(NS(C)(=O)=O)CC1. The van der Waals surface area contributed by atoms with E-state index >= 15 is 0 Å². The highest BCUT2D eigenvalue weighted by atomic mass is 32.2. The Morgan fingerprint density at radius 3 is 2.57 bits per heavy atom. The number of benzene rings is 1. The van der Waals surface area contributed by atoms with Crippen LogP contribution in [0.1, 0.15) is 18.4 Å². The molecule has 0 bridgehead atoms. The van der Waals surface area contributed by atoms with Crippen molar-refractivity contribution in [3.63, 3.8) is 0 Å². The second-order valence-electron chi connectivity index (χ2n) is 5.56. The van der Waals surface area contributed by atoms with Gasteiger partial charge in [0.2, 0.25) is 15.9 Å². The molecule has 1 aliphatic heterocycles. The number of rotatable bonds is 5. The first kappa shape index (κ1) is 17.5. The van der Waals surface area contributed by atoms with Gasteiger partial charge in [-0.1, -0.05) is 18.2 Å². The van der Waals surface area contributed by atoms with Gasteiger partial charge in [-0.3, -0.25) is 4.79 Å². The van der Waals surface area contributed by atoms with E-state index in [2.05, 4.69) is 4.72 Å². The first-order chi connectivity index (χ1) is 10.9. The average Bonchev–Trinajstić information content (AvgIpc) is 2.52. The number of amides is 1. The van der Waals surface area contributed by atoms with Gasteiger partial charge in [0, 0.05) is 30.8 Å². The highest BCUT2D eigenvalue weighted by Crippen LogP contribution is 2.19. The molecule has 126 valence electrons. The van der Waals surface area contributed by atoms with E-state index in [0.717, 1.165) is 11.8 Å². The number of ether oxygens (including phenoxy) is 1. The van der Waals surface area contributed by atoms with Crippen LogP contribution in [0, 0.1) is 0 Å². The number of nitrogens with one attached hydrogen (secondary N) is 1. The van der Waals surface area contributed by atoms with E-state index in [0.29, 0.717) is 31.7 Å². The number of hydrogen-bond acceptors (Lipinski definition) is 4. The van der Waals surface area contributed by atoms with Gasteiger partial charge in [-0.25, -0.2) is 13.1 Å². The minimum atomic E-state index is -3.20. The quantitative estimate of drug-likeness (QED) is 0.820. The summed E-state index contributed by atoms with van der Waals surface area (Å²) in [5.74, 6) is 0.640. The van der Waals surface area contributed by atoms with E-state index in [9.17, 15) is 13.2 Å². The molecule has 23 heavy (non-hydrogen) atoms. The highest BCUT2D eigenvalue weighted by Gasteiger charge is 2.23. The number of methoxy groups -OCH3 is 1. The molecule has 2 rings (SSSR count). The summed E-state index contributed by atoms with van der Waals surface area (Å²) in [4.78, 5) is 14.0. The number of carbonyl (C=O) groups excluding carboxylic acids is 1. The standard InChI is InChI=1S/C16H22N2O4S/c1-22-15-6-4-3-5-13(15)7-8-16(19)18-11-9-14(10-12-18)17-23(2,20)21/h3-8,14,17H,9-12H2,1-2H3. The smallest absolute Gasteiger partial charge is 0.246 e. The van der Waals surface area contributed by atoms with Gasteiger partial charge in [0.1, 0.15) is 5.75 Å². The molecule has 0 spiro atoms. The Morgan fingerprint density at radius 1 is 1.30 bits per heavy atom. The molecule has 1 aromatic rings. The second-order valence-corrected chi connectivity index (χ2v) is 7.34. The molecule has 0 aromatic heterocycles. The molecule has 1 N–H and O–H groups in total. The van der Waals surface area contributed by atoms with Crippen LogP contribution in [0.15, 0.2) is 30.3 Å². The minimum absolute atomic E-state index is 0.0753. The third-order valence-electron chi connectivity index (χ3n) is 3.73. The average molecular weight is 338 g/mol. The van der Waals surface area contributed by atoms with E-state index in [4.69, 9.17) is 4.74 Å². The Balaban J connectivity index is 1.91. The number of para-hydroxylation sites is 1. The number of nitrogens with zero attached hydrogens (tertiary/aromatic N) is 1. The normalized spacial score (nSPS) is 16.7. The van der Waals surface area contributed by atoms with Gasteiger partial charge in [-0.05, 0) is 25.0 Å². The van der Waals surface area contributed by atoms with Gasteiger partial charge in [0.05, 0.1) is 13.4 Å². The summed E-state index contributed by atoms with van der Waals surface area (Å²) < 4.78 is 30.3. The molecule has 6 nitrogen and oxygen atoms in total. The first-order valence-electron chi connectivity index (χ1n) is 7.46. The van der Waals surface area contributed by atoms with Crippen LogP contribution in [0.3, 0.4) is 0 Å². The Kier molecular flexibility index (Phi) is 5.79. The fourth-order valence-corrected chi connectivity index (χ4v) is 3.43. The number of piperidine rings is 1. The maximum absolute atomic E-state index is 12.2. The summed E-state index contributed by atoms with van der Waals surface area (Å²) in [6, 6.07) is 7.39. The van der Waals surface area contributed by atoms with E-state index in [1.54, 1.807) is 18.1 Å². The predicted octanol–water partition coefficient (Wildman–Crippen LogP) is 1.25. The van der Waals surface area contributed by atoms with Gasteiger partial charge in [0.15, 0.2) is 0 Å². The minimum Gasteiger partial charge on any atom is -0.496 e. The maximum atomic E-state index is 12.2. The van der Waals surface area contributed by atoms with Crippen molar-refractivity contribution in [2.75, 3.05) is 26.5 Å². The van der Waals surface area contributed by atoms with Gasteiger partial charge in [-0.15, -0.1) is 0 Å². The molecule has 0 saturated carbocycles. The molecule has 1 heterocycles. The van der Waals surface area contributed by atoms with E-state index in [1.165, 1.54) is 6.08 Å². The van der Waals surface area contributed by atoms with E-state index in [-0.39, 0.29) is 11.9 Å². The van der Waals surface area contributed by atoms with Crippen LogP contribution in [0.4, 0.5) is 0 Å². The molecule has 1 amide bonds. The van der Waals surface area contributed by atoms with Crippen molar-refractivity contribution >= 4 is 22.0 Å². The zero-order chi connectivity index (χ0) is 16.9. The van der Waals surface area contributed by atoms with Crippen LogP contribution in [-0.4, -0.2) is 51.7 Å². The summed E-state index contributed by atoms with van der Waals surface area (Å²) in [6.07, 6.45) is 5.67. The lowest BCUT2D eigenvalue weighted by molar-refractivity contribution is -0.126. The molecule has 0 radical (unpaired) electrons. The third kappa shape index (κ3) is 5.37. The lowest BCUT2D eigenvalue weighted by Crippen LogP contribution is -2.45. The van der Waals surface area contributed by atoms with Crippen LogP contribution < -0.4 is 9.46 Å². The largest absolute Gasteiger partial charge is 0.496 e. The maximum Gasteiger partial charge on any atom is 0.246 e. The van der Waals surface area contributed by atoms with Crippen LogP contribution >= 0.6 is 0 Å². The van der Waals surface area contributed by atoms with Gasteiger partial charge >= 0.3 is 0 Å². The monoisotopic (exact) mass is 338 g/mol. The molecule has 1 fully saturated rings. The van der Waals surface area contributed by atoms with E-state index < -0.39 is 10.0 Å². The lowest BCUT2D eigenvalue weighted by Gasteiger charge is -2.31. The number of sulfonamides is 1. The van der Waals surface area contributed by atoms with Crippen LogP contribution in [0.25, 0.3) is 6.08 Å². The van der Waals surface area contributed by atoms with Crippen LogP contribution in [0.2, 0.25) is 0 Å². The molecule has 0 atom stereocenters. The van der Waals surface area contributed by atoms with Crippen molar-refractivity contribution in [1.29, 1.82) is 0 Å². The zero-order valence-electron chi connectivity index (χ0n) is 13.4. The second kappa shape index (κ2) is 7.61. The molecule has 1 aromatic carbocycles. The molecule has 7 heteroatoms. The third-order valence-corrected chi connectivity index (χ3v) is 4.49. The van der Waals surface area contributed by atoms with Crippen LogP contribution in [-0.2, 0) is 14.8 Å².